The largest absolute Gasteiger partial charge is 0.292 e. The Morgan fingerprint density at radius 2 is 2.25 bits per heavy atom. The van der Waals surface area contributed by atoms with Gasteiger partial charge in [0.15, 0.2) is 5.78 Å². The topological polar surface area (TPSA) is 52.7 Å². The summed E-state index contributed by atoms with van der Waals surface area (Å²) in [6.07, 6.45) is 5.63. The maximum absolute atomic E-state index is 11.9. The van der Waals surface area contributed by atoms with Crippen molar-refractivity contribution in [1.82, 2.24) is 19.6 Å². The number of aryl methyl sites for hydroxylation is 2. The van der Waals surface area contributed by atoms with E-state index in [0.29, 0.717) is 12.1 Å². The zero-order valence-corrected chi connectivity index (χ0v) is 9.42. The van der Waals surface area contributed by atoms with Crippen LogP contribution in [0.15, 0.2) is 24.7 Å². The monoisotopic (exact) mass is 218 g/mol. The number of aromatic nitrogens is 4. The third kappa shape index (κ3) is 2.03. The van der Waals surface area contributed by atoms with Gasteiger partial charge in [-0.05, 0) is 18.6 Å². The van der Waals surface area contributed by atoms with E-state index in [0.717, 1.165) is 12.1 Å². The van der Waals surface area contributed by atoms with Gasteiger partial charge in [0.2, 0.25) is 0 Å². The molecular weight excluding hydrogens is 204 g/mol. The van der Waals surface area contributed by atoms with Crippen molar-refractivity contribution < 1.29 is 4.79 Å². The summed E-state index contributed by atoms with van der Waals surface area (Å²) in [5.41, 5.74) is 1.57. The van der Waals surface area contributed by atoms with Crippen molar-refractivity contribution in [3.8, 4) is 0 Å². The molecule has 2 aromatic rings. The van der Waals surface area contributed by atoms with Gasteiger partial charge in [0.05, 0.1) is 6.20 Å². The van der Waals surface area contributed by atoms with Crippen LogP contribution in [0.4, 0.5) is 0 Å². The Kier molecular flexibility index (Phi) is 2.85. The molecule has 0 radical (unpaired) electrons. The van der Waals surface area contributed by atoms with Gasteiger partial charge in [0.25, 0.3) is 0 Å². The second-order valence-corrected chi connectivity index (χ2v) is 3.64. The summed E-state index contributed by atoms with van der Waals surface area (Å²) in [6.45, 7) is 2.83. The lowest BCUT2D eigenvalue weighted by Gasteiger charge is -1.99. The van der Waals surface area contributed by atoms with E-state index >= 15 is 0 Å². The van der Waals surface area contributed by atoms with Crippen molar-refractivity contribution >= 4 is 5.78 Å². The average Bonchev–Trinajstić information content (AvgIpc) is 2.86. The first-order chi connectivity index (χ1) is 7.70. The Morgan fingerprint density at radius 1 is 1.44 bits per heavy atom. The van der Waals surface area contributed by atoms with E-state index < -0.39 is 0 Å². The predicted molar refractivity (Wildman–Crippen MR) is 59.1 cm³/mol. The fraction of sp³-hybridized carbons (Fsp3) is 0.364. The molecule has 0 atom stereocenters. The van der Waals surface area contributed by atoms with Crippen molar-refractivity contribution in [2.45, 2.75) is 19.9 Å². The highest BCUT2D eigenvalue weighted by Crippen LogP contribution is 2.06. The number of ketones is 1. The molecular formula is C11H14N4O. The second kappa shape index (κ2) is 4.30. The van der Waals surface area contributed by atoms with Gasteiger partial charge < -0.3 is 0 Å². The smallest absolute Gasteiger partial charge is 0.185 e. The zero-order chi connectivity index (χ0) is 11.5. The SMILES string of the molecule is CCn1cc(CC(=O)c2ccnn2C)cn1. The molecule has 0 spiro atoms. The second-order valence-electron chi connectivity index (χ2n) is 3.64. The van der Waals surface area contributed by atoms with Crippen molar-refractivity contribution in [3.05, 3.63) is 35.9 Å². The number of hydrogen-bond donors (Lipinski definition) is 0. The van der Waals surface area contributed by atoms with Gasteiger partial charge in [0.1, 0.15) is 5.69 Å². The van der Waals surface area contributed by atoms with Crippen LogP contribution in [0.3, 0.4) is 0 Å². The van der Waals surface area contributed by atoms with Crippen LogP contribution in [0.1, 0.15) is 23.0 Å². The van der Waals surface area contributed by atoms with Gasteiger partial charge in [-0.1, -0.05) is 0 Å². The number of carbonyl (C=O) groups excluding carboxylic acids is 1. The zero-order valence-electron chi connectivity index (χ0n) is 9.42. The van der Waals surface area contributed by atoms with E-state index in [4.69, 9.17) is 0 Å². The van der Waals surface area contributed by atoms with Gasteiger partial charge in [-0.2, -0.15) is 10.2 Å². The molecule has 16 heavy (non-hydrogen) atoms. The van der Waals surface area contributed by atoms with Gasteiger partial charge in [0, 0.05) is 32.4 Å². The Balaban J connectivity index is 2.11. The molecule has 0 fully saturated rings. The summed E-state index contributed by atoms with van der Waals surface area (Å²) in [4.78, 5) is 11.9. The molecule has 0 aliphatic heterocycles. The predicted octanol–water partition coefficient (Wildman–Crippen LogP) is 1.06. The maximum atomic E-state index is 11.9. The molecule has 84 valence electrons. The summed E-state index contributed by atoms with van der Waals surface area (Å²) in [5, 5.41) is 8.11. The van der Waals surface area contributed by atoms with Crippen LogP contribution in [0.5, 0.6) is 0 Å². The molecule has 2 rings (SSSR count). The minimum absolute atomic E-state index is 0.0654. The van der Waals surface area contributed by atoms with E-state index in [2.05, 4.69) is 10.2 Å². The molecule has 2 aromatic heterocycles. The van der Waals surface area contributed by atoms with Crippen LogP contribution in [0.2, 0.25) is 0 Å². The molecule has 0 aliphatic carbocycles. The highest BCUT2D eigenvalue weighted by Gasteiger charge is 2.11. The van der Waals surface area contributed by atoms with Crippen molar-refractivity contribution in [1.29, 1.82) is 0 Å². The van der Waals surface area contributed by atoms with Crippen LogP contribution in [0, 0.1) is 0 Å². The third-order valence-electron chi connectivity index (χ3n) is 2.48. The van der Waals surface area contributed by atoms with Gasteiger partial charge in [-0.15, -0.1) is 0 Å². The molecule has 0 unspecified atom stereocenters. The lowest BCUT2D eigenvalue weighted by molar-refractivity contribution is 0.0984. The lowest BCUT2D eigenvalue weighted by Crippen LogP contribution is -2.09. The fourth-order valence-electron chi connectivity index (χ4n) is 1.59. The average molecular weight is 218 g/mol. The third-order valence-corrected chi connectivity index (χ3v) is 2.48. The molecule has 5 nitrogen and oxygen atoms in total. The first kappa shape index (κ1) is 10.6. The molecule has 0 aromatic carbocycles. The van der Waals surface area contributed by atoms with Crippen molar-refractivity contribution in [2.24, 2.45) is 7.05 Å². The number of nitrogens with zero attached hydrogens (tertiary/aromatic N) is 4. The number of carbonyl (C=O) groups is 1. The minimum atomic E-state index is 0.0654. The molecule has 5 heteroatoms. The Hall–Kier alpha value is -1.91. The number of Topliss-reactive ketones (excluding diaryl/α,β-unsaturated/α-hetero) is 1. The van der Waals surface area contributed by atoms with Gasteiger partial charge in [-0.3, -0.25) is 14.2 Å². The van der Waals surface area contributed by atoms with Crippen LogP contribution in [-0.4, -0.2) is 25.3 Å². The fourth-order valence-corrected chi connectivity index (χ4v) is 1.59. The van der Waals surface area contributed by atoms with Crippen LogP contribution >= 0.6 is 0 Å². The van der Waals surface area contributed by atoms with E-state index in [9.17, 15) is 4.79 Å². The molecule has 0 N–H and O–H groups in total. The summed E-state index contributed by atoms with van der Waals surface area (Å²) < 4.78 is 3.40. The van der Waals surface area contributed by atoms with Crippen LogP contribution in [-0.2, 0) is 20.0 Å². The lowest BCUT2D eigenvalue weighted by atomic mass is 10.1. The number of hydrogen-bond acceptors (Lipinski definition) is 3. The summed E-state index contributed by atoms with van der Waals surface area (Å²) in [7, 11) is 1.77. The molecule has 0 amide bonds. The molecule has 0 saturated heterocycles. The molecule has 0 saturated carbocycles. The van der Waals surface area contributed by atoms with Gasteiger partial charge >= 0.3 is 0 Å². The Morgan fingerprint density at radius 3 is 2.81 bits per heavy atom. The maximum Gasteiger partial charge on any atom is 0.185 e. The van der Waals surface area contributed by atoms with Crippen molar-refractivity contribution in [2.75, 3.05) is 0 Å². The molecule has 0 bridgehead atoms. The van der Waals surface area contributed by atoms with E-state index in [1.165, 1.54) is 0 Å². The van der Waals surface area contributed by atoms with Crippen LogP contribution in [0.25, 0.3) is 0 Å². The first-order valence-corrected chi connectivity index (χ1v) is 5.23. The van der Waals surface area contributed by atoms with E-state index in [1.54, 1.807) is 30.2 Å². The first-order valence-electron chi connectivity index (χ1n) is 5.23. The Bertz CT molecular complexity index is 498. The summed E-state index contributed by atoms with van der Waals surface area (Å²) in [5.74, 6) is 0.0654. The number of rotatable bonds is 4. The highest BCUT2D eigenvalue weighted by molar-refractivity contribution is 5.95. The van der Waals surface area contributed by atoms with Crippen molar-refractivity contribution in [3.63, 3.8) is 0 Å². The molecule has 0 aliphatic rings. The summed E-state index contributed by atoms with van der Waals surface area (Å²) >= 11 is 0. The quantitative estimate of drug-likeness (QED) is 0.721. The van der Waals surface area contributed by atoms with E-state index in [-0.39, 0.29) is 5.78 Å². The van der Waals surface area contributed by atoms with Gasteiger partial charge in [-0.25, -0.2) is 0 Å². The van der Waals surface area contributed by atoms with E-state index in [1.807, 2.05) is 17.8 Å². The standard InChI is InChI=1S/C11H14N4O/c1-3-15-8-9(7-13-15)6-11(16)10-4-5-12-14(10)2/h4-5,7-8H,3,6H2,1-2H3. The Labute approximate surface area is 93.7 Å². The highest BCUT2D eigenvalue weighted by atomic mass is 16.1. The minimum Gasteiger partial charge on any atom is -0.292 e. The normalized spacial score (nSPS) is 10.6. The van der Waals surface area contributed by atoms with Crippen LogP contribution < -0.4 is 0 Å². The summed E-state index contributed by atoms with van der Waals surface area (Å²) in [6, 6.07) is 1.73. The molecule has 2 heterocycles.